The van der Waals surface area contributed by atoms with Crippen LogP contribution in [0.25, 0.3) is 10.6 Å². The quantitative estimate of drug-likeness (QED) is 0.723. The van der Waals surface area contributed by atoms with E-state index >= 15 is 0 Å². The van der Waals surface area contributed by atoms with Crippen LogP contribution in [0.2, 0.25) is 0 Å². The average Bonchev–Trinajstić information content (AvgIpc) is 3.02. The molecule has 1 aromatic carbocycles. The average molecular weight is 388 g/mol. The largest absolute Gasteiger partial charge is 0.352 e. The highest BCUT2D eigenvalue weighted by atomic mass is 79.9. The molecule has 2 aromatic heterocycles. The molecule has 0 aliphatic heterocycles. The standard InChI is InChI=1S/C17H14BrN3OS/c18-14-5-1-3-12(7-14)9-20-16(22)8-15-11-23-17(21-15)13-4-2-6-19-10-13/h1-7,10-11H,8-9H2,(H,20,22). The van der Waals surface area contributed by atoms with Gasteiger partial charge in [-0.05, 0) is 29.8 Å². The Morgan fingerprint density at radius 2 is 2.17 bits per heavy atom. The third-order valence-electron chi connectivity index (χ3n) is 3.18. The number of carbonyl (C=O) groups excluding carboxylic acids is 1. The van der Waals surface area contributed by atoms with Crippen molar-refractivity contribution in [2.75, 3.05) is 0 Å². The second kappa shape index (κ2) is 7.48. The van der Waals surface area contributed by atoms with Gasteiger partial charge in [-0.2, -0.15) is 0 Å². The number of carbonyl (C=O) groups is 1. The highest BCUT2D eigenvalue weighted by Crippen LogP contribution is 2.22. The summed E-state index contributed by atoms with van der Waals surface area (Å²) in [5.41, 5.74) is 2.81. The Hall–Kier alpha value is -2.05. The Morgan fingerprint density at radius 1 is 1.26 bits per heavy atom. The first-order chi connectivity index (χ1) is 11.2. The van der Waals surface area contributed by atoms with E-state index in [4.69, 9.17) is 0 Å². The van der Waals surface area contributed by atoms with Crippen LogP contribution in [0, 0.1) is 0 Å². The van der Waals surface area contributed by atoms with Gasteiger partial charge in [-0.25, -0.2) is 4.98 Å². The normalized spacial score (nSPS) is 10.5. The van der Waals surface area contributed by atoms with Crippen LogP contribution in [0.5, 0.6) is 0 Å². The summed E-state index contributed by atoms with van der Waals surface area (Å²) in [6.07, 6.45) is 3.79. The highest BCUT2D eigenvalue weighted by Gasteiger charge is 2.09. The molecule has 3 rings (SSSR count). The van der Waals surface area contributed by atoms with Gasteiger partial charge < -0.3 is 5.32 Å². The molecule has 6 heteroatoms. The van der Waals surface area contributed by atoms with Gasteiger partial charge in [0.2, 0.25) is 5.91 Å². The van der Waals surface area contributed by atoms with Gasteiger partial charge in [-0.3, -0.25) is 9.78 Å². The number of aromatic nitrogens is 2. The van der Waals surface area contributed by atoms with E-state index < -0.39 is 0 Å². The van der Waals surface area contributed by atoms with Crippen LogP contribution >= 0.6 is 27.3 Å². The molecule has 0 aliphatic rings. The minimum atomic E-state index is -0.0342. The molecule has 116 valence electrons. The van der Waals surface area contributed by atoms with Crippen molar-refractivity contribution in [3.8, 4) is 10.6 Å². The van der Waals surface area contributed by atoms with E-state index in [2.05, 4.69) is 31.2 Å². The highest BCUT2D eigenvalue weighted by molar-refractivity contribution is 9.10. The van der Waals surface area contributed by atoms with Crippen molar-refractivity contribution < 1.29 is 4.79 Å². The van der Waals surface area contributed by atoms with E-state index in [1.165, 1.54) is 11.3 Å². The second-order valence-electron chi connectivity index (χ2n) is 4.97. The molecule has 0 unspecified atom stereocenters. The third-order valence-corrected chi connectivity index (χ3v) is 4.61. The van der Waals surface area contributed by atoms with Gasteiger partial charge >= 0.3 is 0 Å². The fourth-order valence-electron chi connectivity index (χ4n) is 2.08. The summed E-state index contributed by atoms with van der Waals surface area (Å²) in [6.45, 7) is 0.512. The van der Waals surface area contributed by atoms with Crippen LogP contribution in [-0.4, -0.2) is 15.9 Å². The van der Waals surface area contributed by atoms with E-state index in [1.807, 2.05) is 41.8 Å². The van der Waals surface area contributed by atoms with Crippen LogP contribution < -0.4 is 5.32 Å². The maximum Gasteiger partial charge on any atom is 0.226 e. The number of thiazole rings is 1. The lowest BCUT2D eigenvalue weighted by Gasteiger charge is -2.04. The van der Waals surface area contributed by atoms with Gasteiger partial charge in [0.15, 0.2) is 0 Å². The van der Waals surface area contributed by atoms with Crippen molar-refractivity contribution in [2.45, 2.75) is 13.0 Å². The van der Waals surface area contributed by atoms with E-state index in [0.29, 0.717) is 6.54 Å². The summed E-state index contributed by atoms with van der Waals surface area (Å²) >= 11 is 4.95. The first-order valence-electron chi connectivity index (χ1n) is 7.06. The first-order valence-corrected chi connectivity index (χ1v) is 8.74. The predicted molar refractivity (Wildman–Crippen MR) is 95.0 cm³/mol. The molecule has 2 heterocycles. The number of nitrogens with one attached hydrogen (secondary N) is 1. The molecule has 0 radical (unpaired) electrons. The molecular formula is C17H14BrN3OS. The molecule has 0 spiro atoms. The molecule has 0 saturated carbocycles. The smallest absolute Gasteiger partial charge is 0.226 e. The van der Waals surface area contributed by atoms with E-state index in [1.54, 1.807) is 12.4 Å². The van der Waals surface area contributed by atoms with Crippen molar-refractivity contribution in [2.24, 2.45) is 0 Å². The molecule has 0 atom stereocenters. The minimum Gasteiger partial charge on any atom is -0.352 e. The number of nitrogens with zero attached hydrogens (tertiary/aromatic N) is 2. The zero-order valence-electron chi connectivity index (χ0n) is 12.2. The zero-order valence-corrected chi connectivity index (χ0v) is 14.6. The lowest BCUT2D eigenvalue weighted by atomic mass is 10.2. The number of pyridine rings is 1. The zero-order chi connectivity index (χ0) is 16.1. The summed E-state index contributed by atoms with van der Waals surface area (Å²) in [5.74, 6) is -0.0342. The molecule has 4 nitrogen and oxygen atoms in total. The Labute approximate surface area is 146 Å². The van der Waals surface area contributed by atoms with Crippen molar-refractivity contribution in [3.63, 3.8) is 0 Å². The lowest BCUT2D eigenvalue weighted by molar-refractivity contribution is -0.120. The molecule has 1 N–H and O–H groups in total. The van der Waals surface area contributed by atoms with E-state index in [9.17, 15) is 4.79 Å². The number of halogens is 1. The fourth-order valence-corrected chi connectivity index (χ4v) is 3.34. The SMILES string of the molecule is O=C(Cc1csc(-c2cccnc2)n1)NCc1cccc(Br)c1. The molecular weight excluding hydrogens is 374 g/mol. The third kappa shape index (κ3) is 4.46. The number of benzene rings is 1. The van der Waals surface area contributed by atoms with Crippen molar-refractivity contribution in [3.05, 3.63) is 69.9 Å². The number of rotatable bonds is 5. The molecule has 3 aromatic rings. The van der Waals surface area contributed by atoms with E-state index in [0.717, 1.165) is 26.3 Å². The summed E-state index contributed by atoms with van der Waals surface area (Å²) in [5, 5.41) is 5.72. The summed E-state index contributed by atoms with van der Waals surface area (Å²) in [6, 6.07) is 11.7. The van der Waals surface area contributed by atoms with Gasteiger partial charge in [-0.1, -0.05) is 28.1 Å². The van der Waals surface area contributed by atoms with E-state index in [-0.39, 0.29) is 12.3 Å². The van der Waals surface area contributed by atoms with Crippen LogP contribution in [0.4, 0.5) is 0 Å². The van der Waals surface area contributed by atoms with Crippen LogP contribution in [-0.2, 0) is 17.8 Å². The lowest BCUT2D eigenvalue weighted by Crippen LogP contribution is -2.24. The van der Waals surface area contributed by atoms with Crippen LogP contribution in [0.15, 0.2) is 58.6 Å². The molecule has 1 amide bonds. The summed E-state index contributed by atoms with van der Waals surface area (Å²) in [4.78, 5) is 20.6. The molecule has 0 saturated heterocycles. The van der Waals surface area contributed by atoms with Crippen molar-refractivity contribution in [1.29, 1.82) is 0 Å². The van der Waals surface area contributed by atoms with Gasteiger partial charge in [0, 0.05) is 34.4 Å². The topological polar surface area (TPSA) is 54.9 Å². The van der Waals surface area contributed by atoms with Gasteiger partial charge in [0.05, 0.1) is 12.1 Å². The Morgan fingerprint density at radius 3 is 2.96 bits per heavy atom. The summed E-state index contributed by atoms with van der Waals surface area (Å²) < 4.78 is 1.00. The summed E-state index contributed by atoms with van der Waals surface area (Å²) in [7, 11) is 0. The Bertz CT molecular complexity index is 804. The molecule has 0 fully saturated rings. The molecule has 23 heavy (non-hydrogen) atoms. The number of amides is 1. The van der Waals surface area contributed by atoms with Crippen LogP contribution in [0.3, 0.4) is 0 Å². The van der Waals surface area contributed by atoms with Gasteiger partial charge in [0.25, 0.3) is 0 Å². The van der Waals surface area contributed by atoms with Crippen molar-refractivity contribution in [1.82, 2.24) is 15.3 Å². The number of hydrogen-bond donors (Lipinski definition) is 1. The first kappa shape index (κ1) is 15.8. The second-order valence-corrected chi connectivity index (χ2v) is 6.74. The molecule has 0 aliphatic carbocycles. The Balaban J connectivity index is 1.57. The Kier molecular flexibility index (Phi) is 5.15. The fraction of sp³-hybridized carbons (Fsp3) is 0.118. The van der Waals surface area contributed by atoms with Crippen molar-refractivity contribution >= 4 is 33.2 Å². The minimum absolute atomic E-state index is 0.0342. The van der Waals surface area contributed by atoms with Gasteiger partial charge in [0.1, 0.15) is 5.01 Å². The maximum atomic E-state index is 12.0. The van der Waals surface area contributed by atoms with Crippen LogP contribution in [0.1, 0.15) is 11.3 Å². The maximum absolute atomic E-state index is 12.0. The molecule has 0 bridgehead atoms. The van der Waals surface area contributed by atoms with Gasteiger partial charge in [-0.15, -0.1) is 11.3 Å². The monoisotopic (exact) mass is 387 g/mol. The predicted octanol–water partition coefficient (Wildman–Crippen LogP) is 3.83. The number of hydrogen-bond acceptors (Lipinski definition) is 4.